The molecule has 106 valence electrons. The van der Waals surface area contributed by atoms with E-state index in [-0.39, 0.29) is 5.41 Å². The SMILES string of the molecule is CCCNCC1(Cc2ccc(F)cc2F)CCOC1. The van der Waals surface area contributed by atoms with E-state index in [2.05, 4.69) is 12.2 Å². The zero-order valence-electron chi connectivity index (χ0n) is 11.3. The average molecular weight is 269 g/mol. The first-order chi connectivity index (χ1) is 9.15. The molecule has 1 atom stereocenters. The highest BCUT2D eigenvalue weighted by atomic mass is 19.1. The van der Waals surface area contributed by atoms with Gasteiger partial charge in [-0.25, -0.2) is 8.78 Å². The average Bonchev–Trinajstić information content (AvgIpc) is 2.82. The molecule has 0 spiro atoms. The lowest BCUT2D eigenvalue weighted by Crippen LogP contribution is -2.37. The van der Waals surface area contributed by atoms with Crippen LogP contribution in [0.25, 0.3) is 0 Å². The summed E-state index contributed by atoms with van der Waals surface area (Å²) in [7, 11) is 0. The molecule has 1 aromatic carbocycles. The van der Waals surface area contributed by atoms with Gasteiger partial charge < -0.3 is 10.1 Å². The third-order valence-electron chi connectivity index (χ3n) is 3.69. The van der Waals surface area contributed by atoms with Gasteiger partial charge >= 0.3 is 0 Å². The normalized spacial score (nSPS) is 22.9. The minimum absolute atomic E-state index is 0.0617. The second-order valence-electron chi connectivity index (χ2n) is 5.39. The van der Waals surface area contributed by atoms with Crippen molar-refractivity contribution in [3.8, 4) is 0 Å². The molecule has 1 fully saturated rings. The zero-order valence-corrected chi connectivity index (χ0v) is 11.3. The van der Waals surface area contributed by atoms with Crippen LogP contribution in [0.5, 0.6) is 0 Å². The van der Waals surface area contributed by atoms with E-state index in [1.807, 2.05) is 0 Å². The smallest absolute Gasteiger partial charge is 0.129 e. The monoisotopic (exact) mass is 269 g/mol. The van der Waals surface area contributed by atoms with E-state index in [1.54, 1.807) is 6.07 Å². The van der Waals surface area contributed by atoms with Gasteiger partial charge in [0.2, 0.25) is 0 Å². The lowest BCUT2D eigenvalue weighted by molar-refractivity contribution is 0.149. The van der Waals surface area contributed by atoms with Gasteiger partial charge in [-0.1, -0.05) is 13.0 Å². The van der Waals surface area contributed by atoms with Crippen LogP contribution in [0, 0.1) is 17.0 Å². The molecule has 0 amide bonds. The molecule has 0 saturated carbocycles. The predicted molar refractivity (Wildman–Crippen MR) is 71.1 cm³/mol. The molecule has 19 heavy (non-hydrogen) atoms. The fraction of sp³-hybridized carbons (Fsp3) is 0.600. The van der Waals surface area contributed by atoms with Gasteiger partial charge in [0, 0.05) is 24.6 Å². The summed E-state index contributed by atoms with van der Waals surface area (Å²) in [5.41, 5.74) is 0.513. The van der Waals surface area contributed by atoms with Crippen LogP contribution < -0.4 is 5.32 Å². The highest BCUT2D eigenvalue weighted by molar-refractivity contribution is 5.20. The van der Waals surface area contributed by atoms with Crippen molar-refractivity contribution in [2.45, 2.75) is 26.2 Å². The minimum atomic E-state index is -0.526. The molecule has 0 radical (unpaired) electrons. The maximum absolute atomic E-state index is 13.8. The van der Waals surface area contributed by atoms with Crippen molar-refractivity contribution in [2.24, 2.45) is 5.41 Å². The highest BCUT2D eigenvalue weighted by Gasteiger charge is 2.35. The van der Waals surface area contributed by atoms with Crippen molar-refractivity contribution in [1.29, 1.82) is 0 Å². The topological polar surface area (TPSA) is 21.3 Å². The van der Waals surface area contributed by atoms with Gasteiger partial charge in [-0.3, -0.25) is 0 Å². The van der Waals surface area contributed by atoms with E-state index >= 15 is 0 Å². The van der Waals surface area contributed by atoms with Crippen molar-refractivity contribution in [3.05, 3.63) is 35.4 Å². The molecule has 2 nitrogen and oxygen atoms in total. The maximum Gasteiger partial charge on any atom is 0.129 e. The largest absolute Gasteiger partial charge is 0.381 e. The van der Waals surface area contributed by atoms with Crippen LogP contribution in [0.15, 0.2) is 18.2 Å². The summed E-state index contributed by atoms with van der Waals surface area (Å²) in [5, 5.41) is 3.39. The van der Waals surface area contributed by atoms with Crippen molar-refractivity contribution in [3.63, 3.8) is 0 Å². The molecule has 1 unspecified atom stereocenters. The Hall–Kier alpha value is -1.00. The predicted octanol–water partition coefficient (Wildman–Crippen LogP) is 2.91. The number of hydrogen-bond acceptors (Lipinski definition) is 2. The molecule has 1 saturated heterocycles. The summed E-state index contributed by atoms with van der Waals surface area (Å²) in [5.74, 6) is -0.983. The second kappa shape index (κ2) is 6.44. The molecule has 0 aromatic heterocycles. The Balaban J connectivity index is 2.07. The Labute approximate surface area is 113 Å². The Kier molecular flexibility index (Phi) is 4.88. The van der Waals surface area contributed by atoms with Gasteiger partial charge in [-0.15, -0.1) is 0 Å². The molecule has 0 aliphatic carbocycles. The van der Waals surface area contributed by atoms with Crippen LogP contribution in [-0.2, 0) is 11.2 Å². The standard InChI is InChI=1S/C15H21F2NO/c1-2-6-18-10-15(5-7-19-11-15)9-12-3-4-13(16)8-14(12)17/h3-4,8,18H,2,5-7,9-11H2,1H3. The molecule has 2 rings (SSSR count). The summed E-state index contributed by atoms with van der Waals surface area (Å²) in [6.07, 6.45) is 2.58. The summed E-state index contributed by atoms with van der Waals surface area (Å²) in [6.45, 7) is 5.24. The summed E-state index contributed by atoms with van der Waals surface area (Å²) in [6, 6.07) is 3.82. The fourth-order valence-electron chi connectivity index (χ4n) is 2.59. The van der Waals surface area contributed by atoms with Crippen molar-refractivity contribution in [2.75, 3.05) is 26.3 Å². The zero-order chi connectivity index (χ0) is 13.7. The number of rotatable bonds is 6. The summed E-state index contributed by atoms with van der Waals surface area (Å²) < 4.78 is 32.2. The fourth-order valence-corrected chi connectivity index (χ4v) is 2.59. The number of nitrogens with one attached hydrogen (secondary N) is 1. The Morgan fingerprint density at radius 2 is 2.21 bits per heavy atom. The molecule has 1 aliphatic heterocycles. The van der Waals surface area contributed by atoms with Gasteiger partial charge in [0.25, 0.3) is 0 Å². The second-order valence-corrected chi connectivity index (χ2v) is 5.39. The molecule has 1 N–H and O–H groups in total. The first-order valence-electron chi connectivity index (χ1n) is 6.88. The van der Waals surface area contributed by atoms with E-state index in [4.69, 9.17) is 4.74 Å². The van der Waals surface area contributed by atoms with Crippen molar-refractivity contribution in [1.82, 2.24) is 5.32 Å². The highest BCUT2D eigenvalue weighted by Crippen LogP contribution is 2.33. The van der Waals surface area contributed by atoms with Gasteiger partial charge in [0.15, 0.2) is 0 Å². The third-order valence-corrected chi connectivity index (χ3v) is 3.69. The van der Waals surface area contributed by atoms with Crippen LogP contribution >= 0.6 is 0 Å². The van der Waals surface area contributed by atoms with Gasteiger partial charge in [0.05, 0.1) is 6.61 Å². The molecule has 0 bridgehead atoms. The Morgan fingerprint density at radius 3 is 2.84 bits per heavy atom. The van der Waals surface area contributed by atoms with Crippen LogP contribution in [0.1, 0.15) is 25.3 Å². The third kappa shape index (κ3) is 3.74. The first kappa shape index (κ1) is 14.4. The van der Waals surface area contributed by atoms with E-state index in [0.29, 0.717) is 18.6 Å². The quantitative estimate of drug-likeness (QED) is 0.802. The van der Waals surface area contributed by atoms with E-state index in [0.717, 1.165) is 38.6 Å². The number of benzene rings is 1. The minimum Gasteiger partial charge on any atom is -0.381 e. The maximum atomic E-state index is 13.8. The van der Waals surface area contributed by atoms with Crippen LogP contribution in [0.4, 0.5) is 8.78 Å². The number of ether oxygens (including phenoxy) is 1. The summed E-state index contributed by atoms with van der Waals surface area (Å²) >= 11 is 0. The number of halogens is 2. The van der Waals surface area contributed by atoms with E-state index < -0.39 is 11.6 Å². The molecule has 4 heteroatoms. The van der Waals surface area contributed by atoms with Gasteiger partial charge in [-0.05, 0) is 37.4 Å². The molecule has 1 aromatic rings. The van der Waals surface area contributed by atoms with Gasteiger partial charge in [0.1, 0.15) is 11.6 Å². The molecule has 1 heterocycles. The number of hydrogen-bond donors (Lipinski definition) is 1. The first-order valence-corrected chi connectivity index (χ1v) is 6.88. The lowest BCUT2D eigenvalue weighted by Gasteiger charge is -2.28. The van der Waals surface area contributed by atoms with E-state index in [1.165, 1.54) is 6.07 Å². The Morgan fingerprint density at radius 1 is 1.37 bits per heavy atom. The van der Waals surface area contributed by atoms with Crippen molar-refractivity contribution < 1.29 is 13.5 Å². The van der Waals surface area contributed by atoms with Crippen LogP contribution in [-0.4, -0.2) is 26.3 Å². The van der Waals surface area contributed by atoms with Gasteiger partial charge in [-0.2, -0.15) is 0 Å². The molecular weight excluding hydrogens is 248 g/mol. The van der Waals surface area contributed by atoms with Crippen molar-refractivity contribution >= 4 is 0 Å². The Bertz CT molecular complexity index is 417. The lowest BCUT2D eigenvalue weighted by atomic mass is 9.80. The van der Waals surface area contributed by atoms with Crippen LogP contribution in [0.2, 0.25) is 0 Å². The van der Waals surface area contributed by atoms with E-state index in [9.17, 15) is 8.78 Å². The van der Waals surface area contributed by atoms with Crippen LogP contribution in [0.3, 0.4) is 0 Å². The summed E-state index contributed by atoms with van der Waals surface area (Å²) in [4.78, 5) is 0. The molecular formula is C15H21F2NO. The molecule has 1 aliphatic rings.